The van der Waals surface area contributed by atoms with Crippen molar-refractivity contribution in [3.63, 3.8) is 0 Å². The number of unbranched alkanes of at least 4 members (excludes halogenated alkanes) is 1. The maximum atomic E-state index is 13.3. The van der Waals surface area contributed by atoms with E-state index in [1.165, 1.54) is 44.6 Å². The van der Waals surface area contributed by atoms with Crippen LogP contribution in [-0.2, 0) is 0 Å². The van der Waals surface area contributed by atoms with Crippen LogP contribution in [0.15, 0.2) is 18.2 Å². The van der Waals surface area contributed by atoms with Crippen molar-refractivity contribution in [2.75, 3.05) is 6.61 Å². The van der Waals surface area contributed by atoms with E-state index >= 15 is 0 Å². The van der Waals surface area contributed by atoms with Gasteiger partial charge in [0.25, 0.3) is 0 Å². The Kier molecular flexibility index (Phi) is 7.54. The zero-order valence-corrected chi connectivity index (χ0v) is 12.5. The molecule has 1 saturated carbocycles. The van der Waals surface area contributed by atoms with E-state index in [1.807, 2.05) is 6.92 Å². The van der Waals surface area contributed by atoms with Crippen molar-refractivity contribution in [1.29, 1.82) is 0 Å². The Morgan fingerprint density at radius 2 is 1.79 bits per heavy atom. The fourth-order valence-corrected chi connectivity index (χ4v) is 2.11. The highest BCUT2D eigenvalue weighted by Gasteiger charge is 2.16. The topological polar surface area (TPSA) is 9.23 Å². The van der Waals surface area contributed by atoms with Crippen molar-refractivity contribution < 1.29 is 9.13 Å². The summed E-state index contributed by atoms with van der Waals surface area (Å²) in [4.78, 5) is 0. The van der Waals surface area contributed by atoms with Gasteiger partial charge in [0, 0.05) is 0 Å². The highest BCUT2D eigenvalue weighted by atomic mass is 19.1. The lowest BCUT2D eigenvalue weighted by Gasteiger charge is -2.12. The molecule has 0 unspecified atom stereocenters. The van der Waals surface area contributed by atoms with Crippen LogP contribution in [0, 0.1) is 18.7 Å². The van der Waals surface area contributed by atoms with Crippen LogP contribution in [-0.4, -0.2) is 6.61 Å². The first-order chi connectivity index (χ1) is 9.17. The van der Waals surface area contributed by atoms with Crippen LogP contribution in [0.2, 0.25) is 0 Å². The van der Waals surface area contributed by atoms with Gasteiger partial charge in [-0.2, -0.15) is 0 Å². The van der Waals surface area contributed by atoms with Crippen LogP contribution in [0.4, 0.5) is 4.39 Å². The average Bonchev–Trinajstić information content (AvgIpc) is 2.93. The van der Waals surface area contributed by atoms with E-state index in [-0.39, 0.29) is 5.82 Å². The molecule has 1 aromatic carbocycles. The van der Waals surface area contributed by atoms with Crippen molar-refractivity contribution in [2.45, 2.75) is 59.3 Å². The zero-order valence-electron chi connectivity index (χ0n) is 12.5. The highest BCUT2D eigenvalue weighted by molar-refractivity contribution is 5.29. The molecule has 0 bridgehead atoms. The molecule has 1 fully saturated rings. The first-order valence-corrected chi connectivity index (χ1v) is 7.56. The molecule has 0 radical (unpaired) electrons. The minimum atomic E-state index is -0.251. The second kappa shape index (κ2) is 8.95. The largest absolute Gasteiger partial charge is 0.490 e. The third-order valence-electron chi connectivity index (χ3n) is 3.54. The maximum Gasteiger partial charge on any atom is 0.165 e. The molecule has 1 aliphatic carbocycles. The molecule has 0 amide bonds. The Balaban J connectivity index is 0.000000399. The Morgan fingerprint density at radius 3 is 2.37 bits per heavy atom. The Hall–Kier alpha value is -1.05. The fourth-order valence-electron chi connectivity index (χ4n) is 2.11. The summed E-state index contributed by atoms with van der Waals surface area (Å²) in [6, 6.07) is 5.00. The smallest absolute Gasteiger partial charge is 0.165 e. The molecular weight excluding hydrogens is 239 g/mol. The van der Waals surface area contributed by atoms with Gasteiger partial charge in [-0.15, -0.1) is 0 Å². The molecular formula is C17H27FO. The molecule has 0 atom stereocenters. The molecule has 0 aliphatic heterocycles. The zero-order chi connectivity index (χ0) is 14.1. The third kappa shape index (κ3) is 6.09. The van der Waals surface area contributed by atoms with Crippen molar-refractivity contribution >= 4 is 0 Å². The van der Waals surface area contributed by atoms with Crippen LogP contribution in [0.25, 0.3) is 0 Å². The van der Waals surface area contributed by atoms with Crippen LogP contribution in [0.1, 0.15) is 57.9 Å². The normalized spacial score (nSPS) is 14.9. The average molecular weight is 266 g/mol. The molecule has 108 valence electrons. The van der Waals surface area contributed by atoms with Gasteiger partial charge in [0.2, 0.25) is 0 Å². The quantitative estimate of drug-likeness (QED) is 0.698. The van der Waals surface area contributed by atoms with Gasteiger partial charge in [-0.25, -0.2) is 4.39 Å². The first-order valence-electron chi connectivity index (χ1n) is 7.56. The lowest BCUT2D eigenvalue weighted by Crippen LogP contribution is -2.08. The highest BCUT2D eigenvalue weighted by Crippen LogP contribution is 2.26. The summed E-state index contributed by atoms with van der Waals surface area (Å²) in [5.41, 5.74) is 1.04. The lowest BCUT2D eigenvalue weighted by molar-refractivity contribution is 0.242. The standard InChI is InChI=1S/C13H17FO.C4H10/c1-10-6-7-12(14)13(8-10)15-9-11-4-2-3-5-11;1-3-4-2/h6-8,11H,2-5,9H2,1H3;3-4H2,1-2H3. The van der Waals surface area contributed by atoms with E-state index < -0.39 is 0 Å². The van der Waals surface area contributed by atoms with Crippen LogP contribution >= 0.6 is 0 Å². The van der Waals surface area contributed by atoms with Crippen LogP contribution in [0.3, 0.4) is 0 Å². The number of benzene rings is 1. The monoisotopic (exact) mass is 266 g/mol. The summed E-state index contributed by atoms with van der Waals surface area (Å²) in [6.07, 6.45) is 7.69. The molecule has 1 aliphatic rings. The Bertz CT molecular complexity index is 354. The Morgan fingerprint density at radius 1 is 1.16 bits per heavy atom. The summed E-state index contributed by atoms with van der Waals surface area (Å²) in [5.74, 6) is 0.783. The molecule has 0 saturated heterocycles. The van der Waals surface area contributed by atoms with Gasteiger partial charge in [0.05, 0.1) is 6.61 Å². The number of ether oxygens (including phenoxy) is 1. The van der Waals surface area contributed by atoms with Crippen LogP contribution < -0.4 is 4.74 Å². The van der Waals surface area contributed by atoms with Crippen molar-refractivity contribution in [1.82, 2.24) is 0 Å². The maximum absolute atomic E-state index is 13.3. The van der Waals surface area contributed by atoms with Gasteiger partial charge in [0.15, 0.2) is 11.6 Å². The van der Waals surface area contributed by atoms with Gasteiger partial charge in [-0.05, 0) is 43.4 Å². The third-order valence-corrected chi connectivity index (χ3v) is 3.54. The second-order valence-electron chi connectivity index (χ2n) is 5.40. The number of hydrogen-bond acceptors (Lipinski definition) is 1. The predicted octanol–water partition coefficient (Wildman–Crippen LogP) is 5.51. The molecule has 1 aromatic rings. The molecule has 2 rings (SSSR count). The van der Waals surface area contributed by atoms with E-state index in [0.717, 1.165) is 5.56 Å². The lowest BCUT2D eigenvalue weighted by atomic mass is 10.1. The van der Waals surface area contributed by atoms with E-state index in [4.69, 9.17) is 4.74 Å². The SMILES string of the molecule is CCCC.Cc1ccc(F)c(OCC2CCCC2)c1. The number of rotatable bonds is 4. The van der Waals surface area contributed by atoms with E-state index in [0.29, 0.717) is 18.3 Å². The summed E-state index contributed by atoms with van der Waals surface area (Å²) < 4.78 is 18.8. The van der Waals surface area contributed by atoms with E-state index in [9.17, 15) is 4.39 Å². The van der Waals surface area contributed by atoms with Gasteiger partial charge < -0.3 is 4.74 Å². The van der Waals surface area contributed by atoms with Gasteiger partial charge in [-0.1, -0.05) is 45.6 Å². The predicted molar refractivity (Wildman–Crippen MR) is 79.2 cm³/mol. The van der Waals surface area contributed by atoms with Gasteiger partial charge >= 0.3 is 0 Å². The molecule has 0 aromatic heterocycles. The van der Waals surface area contributed by atoms with Gasteiger partial charge in [0.1, 0.15) is 0 Å². The molecule has 19 heavy (non-hydrogen) atoms. The number of halogens is 1. The minimum absolute atomic E-state index is 0.251. The molecule has 0 N–H and O–H groups in total. The number of hydrogen-bond donors (Lipinski definition) is 0. The van der Waals surface area contributed by atoms with Crippen molar-refractivity contribution in [3.8, 4) is 5.75 Å². The van der Waals surface area contributed by atoms with E-state index in [2.05, 4.69) is 13.8 Å². The Labute approximate surface area is 117 Å². The summed E-state index contributed by atoms with van der Waals surface area (Å²) in [6.45, 7) is 6.97. The molecule has 2 heteroatoms. The summed E-state index contributed by atoms with van der Waals surface area (Å²) in [5, 5.41) is 0. The molecule has 0 heterocycles. The first kappa shape index (κ1) is 16.0. The number of aryl methyl sites for hydroxylation is 1. The van der Waals surface area contributed by atoms with Gasteiger partial charge in [-0.3, -0.25) is 0 Å². The van der Waals surface area contributed by atoms with E-state index in [1.54, 1.807) is 12.1 Å². The summed E-state index contributed by atoms with van der Waals surface area (Å²) >= 11 is 0. The molecule has 0 spiro atoms. The summed E-state index contributed by atoms with van der Waals surface area (Å²) in [7, 11) is 0. The molecule has 1 nitrogen and oxygen atoms in total. The fraction of sp³-hybridized carbons (Fsp3) is 0.647. The van der Waals surface area contributed by atoms with Crippen LogP contribution in [0.5, 0.6) is 5.75 Å². The minimum Gasteiger partial charge on any atom is -0.490 e. The second-order valence-corrected chi connectivity index (χ2v) is 5.40. The van der Waals surface area contributed by atoms with Crippen molar-refractivity contribution in [2.24, 2.45) is 5.92 Å². The van der Waals surface area contributed by atoms with Crippen molar-refractivity contribution in [3.05, 3.63) is 29.6 Å².